The molecule has 0 aliphatic rings. The highest BCUT2D eigenvalue weighted by molar-refractivity contribution is 9.09. The summed E-state index contributed by atoms with van der Waals surface area (Å²) in [6.07, 6.45) is 2.13. The van der Waals surface area contributed by atoms with Crippen LogP contribution in [0.5, 0.6) is 0 Å². The fraction of sp³-hybridized carbons (Fsp3) is 1.00. The molecule has 0 fully saturated rings. The van der Waals surface area contributed by atoms with Crippen molar-refractivity contribution in [3.8, 4) is 0 Å². The minimum atomic E-state index is -2.98. The van der Waals surface area contributed by atoms with Crippen LogP contribution in [0.2, 0.25) is 0 Å². The van der Waals surface area contributed by atoms with E-state index in [-0.39, 0.29) is 5.75 Å². The number of nitrogens with one attached hydrogen (secondary N) is 1. The van der Waals surface area contributed by atoms with Crippen LogP contribution in [-0.4, -0.2) is 36.8 Å². The number of hydrogen-bond acceptors (Lipinski definition) is 3. The SMILES string of the molecule is CCC(Br)CCNCCS(=O)(=O)C(C)(C)C. The second-order valence-corrected chi connectivity index (χ2v) is 9.13. The summed E-state index contributed by atoms with van der Waals surface area (Å²) in [5.41, 5.74) is 0. The Morgan fingerprint density at radius 1 is 1.25 bits per heavy atom. The molecule has 0 radical (unpaired) electrons. The van der Waals surface area contributed by atoms with E-state index in [1.54, 1.807) is 20.8 Å². The Morgan fingerprint density at radius 2 is 1.81 bits per heavy atom. The zero-order chi connectivity index (χ0) is 12.8. The van der Waals surface area contributed by atoms with Crippen molar-refractivity contribution in [1.29, 1.82) is 0 Å². The standard InChI is InChI=1S/C11H24BrNO2S/c1-5-10(12)6-7-13-8-9-16(14,15)11(2,3)4/h10,13H,5-9H2,1-4H3. The normalized spacial score (nSPS) is 15.1. The van der Waals surface area contributed by atoms with E-state index in [4.69, 9.17) is 0 Å². The summed E-state index contributed by atoms with van der Waals surface area (Å²) in [6.45, 7) is 8.77. The highest BCUT2D eigenvalue weighted by Gasteiger charge is 2.27. The van der Waals surface area contributed by atoms with E-state index in [2.05, 4.69) is 28.2 Å². The van der Waals surface area contributed by atoms with Crippen molar-refractivity contribution in [2.75, 3.05) is 18.8 Å². The maximum Gasteiger partial charge on any atom is 0.156 e. The molecule has 0 aromatic rings. The molecule has 0 saturated carbocycles. The van der Waals surface area contributed by atoms with Gasteiger partial charge in [0.25, 0.3) is 0 Å². The molecule has 0 spiro atoms. The largest absolute Gasteiger partial charge is 0.316 e. The fourth-order valence-corrected chi connectivity index (χ4v) is 2.35. The van der Waals surface area contributed by atoms with E-state index in [9.17, 15) is 8.42 Å². The highest BCUT2D eigenvalue weighted by Crippen LogP contribution is 2.15. The molecule has 0 bridgehead atoms. The quantitative estimate of drug-likeness (QED) is 0.579. The van der Waals surface area contributed by atoms with Crippen molar-refractivity contribution < 1.29 is 8.42 Å². The average molecular weight is 314 g/mol. The van der Waals surface area contributed by atoms with Crippen LogP contribution < -0.4 is 5.32 Å². The van der Waals surface area contributed by atoms with E-state index in [1.807, 2.05) is 0 Å². The van der Waals surface area contributed by atoms with Gasteiger partial charge in [-0.25, -0.2) is 8.42 Å². The Balaban J connectivity index is 3.76. The van der Waals surface area contributed by atoms with Gasteiger partial charge in [0.05, 0.1) is 10.5 Å². The van der Waals surface area contributed by atoms with Crippen LogP contribution in [0.25, 0.3) is 0 Å². The zero-order valence-electron chi connectivity index (χ0n) is 10.7. The van der Waals surface area contributed by atoms with Crippen LogP contribution in [0.15, 0.2) is 0 Å². The lowest BCUT2D eigenvalue weighted by Crippen LogP contribution is -2.35. The summed E-state index contributed by atoms with van der Waals surface area (Å²) in [4.78, 5) is 0.527. The zero-order valence-corrected chi connectivity index (χ0v) is 13.1. The molecule has 0 heterocycles. The summed E-state index contributed by atoms with van der Waals surface area (Å²) in [5.74, 6) is 0.218. The summed E-state index contributed by atoms with van der Waals surface area (Å²) >= 11 is 3.54. The van der Waals surface area contributed by atoms with Gasteiger partial charge in [-0.3, -0.25) is 0 Å². The number of sulfone groups is 1. The monoisotopic (exact) mass is 313 g/mol. The molecule has 0 amide bonds. The van der Waals surface area contributed by atoms with Gasteiger partial charge in [0, 0.05) is 11.4 Å². The third kappa shape index (κ3) is 6.21. The van der Waals surface area contributed by atoms with Crippen LogP contribution >= 0.6 is 15.9 Å². The van der Waals surface area contributed by atoms with Gasteiger partial charge in [0.1, 0.15) is 0 Å². The predicted molar refractivity (Wildman–Crippen MR) is 74.0 cm³/mol. The topological polar surface area (TPSA) is 46.2 Å². The first-order valence-electron chi connectivity index (χ1n) is 5.78. The molecular weight excluding hydrogens is 290 g/mol. The van der Waals surface area contributed by atoms with Gasteiger partial charge < -0.3 is 5.32 Å². The Kier molecular flexibility index (Phi) is 7.14. The van der Waals surface area contributed by atoms with E-state index >= 15 is 0 Å². The molecule has 0 aliphatic heterocycles. The molecule has 3 nitrogen and oxygen atoms in total. The number of rotatable bonds is 7. The highest BCUT2D eigenvalue weighted by atomic mass is 79.9. The molecule has 16 heavy (non-hydrogen) atoms. The van der Waals surface area contributed by atoms with Crippen LogP contribution in [0, 0.1) is 0 Å². The molecular formula is C11H24BrNO2S. The van der Waals surface area contributed by atoms with E-state index < -0.39 is 14.6 Å². The smallest absolute Gasteiger partial charge is 0.156 e. The molecule has 1 unspecified atom stereocenters. The molecule has 5 heteroatoms. The summed E-state index contributed by atoms with van der Waals surface area (Å²) in [6, 6.07) is 0. The fourth-order valence-electron chi connectivity index (χ4n) is 1.10. The van der Waals surface area contributed by atoms with Crippen molar-refractivity contribution >= 4 is 25.8 Å². The first-order chi connectivity index (χ1) is 7.20. The summed E-state index contributed by atoms with van der Waals surface area (Å²) in [7, 11) is -2.98. The van der Waals surface area contributed by atoms with E-state index in [1.165, 1.54) is 0 Å². The van der Waals surface area contributed by atoms with Crippen molar-refractivity contribution in [3.05, 3.63) is 0 Å². The van der Waals surface area contributed by atoms with Gasteiger partial charge in [0.2, 0.25) is 0 Å². The molecule has 0 aromatic carbocycles. The minimum absolute atomic E-state index is 0.218. The molecule has 1 N–H and O–H groups in total. The first kappa shape index (κ1) is 16.4. The van der Waals surface area contributed by atoms with Gasteiger partial charge in [-0.2, -0.15) is 0 Å². The summed E-state index contributed by atoms with van der Waals surface area (Å²) < 4.78 is 22.9. The molecule has 0 saturated heterocycles. The molecule has 0 aromatic heterocycles. The second-order valence-electron chi connectivity index (χ2n) is 4.98. The lowest BCUT2D eigenvalue weighted by atomic mass is 10.2. The number of alkyl halides is 1. The third-order valence-electron chi connectivity index (χ3n) is 2.56. The molecule has 98 valence electrons. The van der Waals surface area contributed by atoms with Crippen molar-refractivity contribution in [2.24, 2.45) is 0 Å². The van der Waals surface area contributed by atoms with Crippen LogP contribution in [0.4, 0.5) is 0 Å². The van der Waals surface area contributed by atoms with E-state index in [0.717, 1.165) is 19.4 Å². The van der Waals surface area contributed by atoms with Gasteiger partial charge in [-0.15, -0.1) is 0 Å². The van der Waals surface area contributed by atoms with Crippen molar-refractivity contribution in [2.45, 2.75) is 50.1 Å². The lowest BCUT2D eigenvalue weighted by Gasteiger charge is -2.19. The second kappa shape index (κ2) is 6.97. The number of hydrogen-bond donors (Lipinski definition) is 1. The predicted octanol–water partition coefficient (Wildman–Crippen LogP) is 2.35. The van der Waals surface area contributed by atoms with Crippen LogP contribution in [0.1, 0.15) is 40.5 Å². The summed E-state index contributed by atoms with van der Waals surface area (Å²) in [5, 5.41) is 3.17. The minimum Gasteiger partial charge on any atom is -0.316 e. The Hall–Kier alpha value is 0.390. The number of halogens is 1. The average Bonchev–Trinajstić information content (AvgIpc) is 2.15. The van der Waals surface area contributed by atoms with Gasteiger partial charge in [-0.05, 0) is 40.2 Å². The van der Waals surface area contributed by atoms with Gasteiger partial charge >= 0.3 is 0 Å². The van der Waals surface area contributed by atoms with Crippen LogP contribution in [-0.2, 0) is 9.84 Å². The Bertz CT molecular complexity index is 283. The van der Waals surface area contributed by atoms with Crippen molar-refractivity contribution in [3.63, 3.8) is 0 Å². The molecule has 0 rings (SSSR count). The molecule has 0 aliphatic carbocycles. The molecule has 1 atom stereocenters. The van der Waals surface area contributed by atoms with Gasteiger partial charge in [-0.1, -0.05) is 22.9 Å². The van der Waals surface area contributed by atoms with E-state index in [0.29, 0.717) is 11.4 Å². The maximum absolute atomic E-state index is 11.8. The van der Waals surface area contributed by atoms with Crippen molar-refractivity contribution in [1.82, 2.24) is 5.32 Å². The van der Waals surface area contributed by atoms with Crippen LogP contribution in [0.3, 0.4) is 0 Å². The lowest BCUT2D eigenvalue weighted by molar-refractivity contribution is 0.554. The Labute approximate surface area is 108 Å². The van der Waals surface area contributed by atoms with Gasteiger partial charge in [0.15, 0.2) is 9.84 Å². The maximum atomic E-state index is 11.8. The Morgan fingerprint density at radius 3 is 2.25 bits per heavy atom. The third-order valence-corrected chi connectivity index (χ3v) is 6.27. The first-order valence-corrected chi connectivity index (χ1v) is 8.34.